The molecule has 0 unspecified atom stereocenters. The Morgan fingerprint density at radius 1 is 1.16 bits per heavy atom. The lowest BCUT2D eigenvalue weighted by atomic mass is 9.86. The van der Waals surface area contributed by atoms with Gasteiger partial charge in [-0.05, 0) is 29.5 Å². The number of aryl methyl sites for hydroxylation is 1. The second-order valence-electron chi connectivity index (χ2n) is 5.91. The molecule has 0 bridgehead atoms. The van der Waals surface area contributed by atoms with E-state index in [1.165, 1.54) is 5.56 Å². The molecule has 3 nitrogen and oxygen atoms in total. The zero-order chi connectivity index (χ0) is 14.2. The fourth-order valence-electron chi connectivity index (χ4n) is 2.12. The number of aromatic amines is 1. The molecule has 100 valence electrons. The van der Waals surface area contributed by atoms with Crippen LogP contribution in [0.5, 0.6) is 0 Å². The number of primary amides is 1. The van der Waals surface area contributed by atoms with Gasteiger partial charge in [0, 0.05) is 11.4 Å². The van der Waals surface area contributed by atoms with Crippen molar-refractivity contribution in [2.45, 2.75) is 33.1 Å². The number of aromatic nitrogens is 1. The van der Waals surface area contributed by atoms with Crippen molar-refractivity contribution in [1.29, 1.82) is 0 Å². The molecular weight excluding hydrogens is 236 g/mol. The molecule has 0 aliphatic rings. The van der Waals surface area contributed by atoms with Crippen LogP contribution in [0.15, 0.2) is 30.3 Å². The standard InChI is InChI=1S/C16H20N2O/c1-10-13(15(17)19)9-14(18-10)11-5-7-12(8-6-11)16(2,3)4/h5-9,18H,1-4H3,(H2,17,19). The van der Waals surface area contributed by atoms with Crippen LogP contribution in [0.3, 0.4) is 0 Å². The van der Waals surface area contributed by atoms with Gasteiger partial charge in [-0.15, -0.1) is 0 Å². The third-order valence-corrected chi connectivity index (χ3v) is 3.34. The molecule has 0 saturated carbocycles. The van der Waals surface area contributed by atoms with Gasteiger partial charge < -0.3 is 10.7 Å². The first-order valence-electron chi connectivity index (χ1n) is 6.39. The molecule has 1 aromatic carbocycles. The number of amides is 1. The highest BCUT2D eigenvalue weighted by Crippen LogP contribution is 2.26. The second kappa shape index (κ2) is 4.57. The van der Waals surface area contributed by atoms with Gasteiger partial charge in [0.2, 0.25) is 0 Å². The summed E-state index contributed by atoms with van der Waals surface area (Å²) < 4.78 is 0. The van der Waals surface area contributed by atoms with Crippen LogP contribution < -0.4 is 5.73 Å². The van der Waals surface area contributed by atoms with Crippen molar-refractivity contribution >= 4 is 5.91 Å². The highest BCUT2D eigenvalue weighted by Gasteiger charge is 2.14. The van der Waals surface area contributed by atoms with Crippen molar-refractivity contribution in [2.24, 2.45) is 5.73 Å². The van der Waals surface area contributed by atoms with Crippen molar-refractivity contribution in [3.63, 3.8) is 0 Å². The largest absolute Gasteiger partial charge is 0.366 e. The zero-order valence-electron chi connectivity index (χ0n) is 11.9. The van der Waals surface area contributed by atoms with E-state index in [1.807, 2.05) is 13.0 Å². The third kappa shape index (κ3) is 2.70. The van der Waals surface area contributed by atoms with Gasteiger partial charge in [0.05, 0.1) is 5.56 Å². The first-order valence-corrected chi connectivity index (χ1v) is 6.39. The summed E-state index contributed by atoms with van der Waals surface area (Å²) in [5.41, 5.74) is 10.1. The fraction of sp³-hybridized carbons (Fsp3) is 0.312. The molecule has 0 aliphatic heterocycles. The van der Waals surface area contributed by atoms with Crippen LogP contribution in [-0.2, 0) is 5.41 Å². The summed E-state index contributed by atoms with van der Waals surface area (Å²) in [5, 5.41) is 0. The summed E-state index contributed by atoms with van der Waals surface area (Å²) >= 11 is 0. The maximum atomic E-state index is 11.3. The van der Waals surface area contributed by atoms with Crippen molar-refractivity contribution in [3.8, 4) is 11.3 Å². The average molecular weight is 256 g/mol. The van der Waals surface area contributed by atoms with Gasteiger partial charge in [0.1, 0.15) is 0 Å². The Bertz CT molecular complexity index is 601. The number of rotatable bonds is 2. The monoisotopic (exact) mass is 256 g/mol. The fourth-order valence-corrected chi connectivity index (χ4v) is 2.12. The highest BCUT2D eigenvalue weighted by atomic mass is 16.1. The van der Waals surface area contributed by atoms with Crippen LogP contribution in [0.1, 0.15) is 42.4 Å². The smallest absolute Gasteiger partial charge is 0.250 e. The summed E-state index contributed by atoms with van der Waals surface area (Å²) in [7, 11) is 0. The van der Waals surface area contributed by atoms with E-state index in [1.54, 1.807) is 0 Å². The number of nitrogens with one attached hydrogen (secondary N) is 1. The van der Waals surface area contributed by atoms with E-state index in [-0.39, 0.29) is 5.41 Å². The van der Waals surface area contributed by atoms with E-state index < -0.39 is 5.91 Å². The Balaban J connectivity index is 2.38. The van der Waals surface area contributed by atoms with Gasteiger partial charge in [-0.2, -0.15) is 0 Å². The third-order valence-electron chi connectivity index (χ3n) is 3.34. The lowest BCUT2D eigenvalue weighted by Gasteiger charge is -2.19. The first kappa shape index (κ1) is 13.4. The zero-order valence-corrected chi connectivity index (χ0v) is 11.9. The lowest BCUT2D eigenvalue weighted by molar-refractivity contribution is 0.1000. The molecule has 0 radical (unpaired) electrons. The van der Waals surface area contributed by atoms with Crippen LogP contribution in [0.2, 0.25) is 0 Å². The Morgan fingerprint density at radius 2 is 1.74 bits per heavy atom. The van der Waals surface area contributed by atoms with Crippen LogP contribution in [0, 0.1) is 6.92 Å². The van der Waals surface area contributed by atoms with Crippen molar-refractivity contribution in [1.82, 2.24) is 4.98 Å². The molecular formula is C16H20N2O. The minimum Gasteiger partial charge on any atom is -0.366 e. The number of carbonyl (C=O) groups is 1. The second-order valence-corrected chi connectivity index (χ2v) is 5.91. The first-order chi connectivity index (χ1) is 8.79. The maximum absolute atomic E-state index is 11.3. The van der Waals surface area contributed by atoms with Crippen molar-refractivity contribution in [2.75, 3.05) is 0 Å². The highest BCUT2D eigenvalue weighted by molar-refractivity contribution is 5.95. The quantitative estimate of drug-likeness (QED) is 0.850. The Morgan fingerprint density at radius 3 is 2.16 bits per heavy atom. The summed E-state index contributed by atoms with van der Waals surface area (Å²) in [6.45, 7) is 8.41. The molecule has 3 N–H and O–H groups in total. The maximum Gasteiger partial charge on any atom is 0.250 e. The number of H-pyrrole nitrogens is 1. The SMILES string of the molecule is Cc1[nH]c(-c2ccc(C(C)(C)C)cc2)cc1C(N)=O. The molecule has 3 heteroatoms. The van der Waals surface area contributed by atoms with Crippen LogP contribution in [0.4, 0.5) is 0 Å². The molecule has 2 aromatic rings. The van der Waals surface area contributed by atoms with Crippen molar-refractivity contribution < 1.29 is 4.79 Å². The van der Waals surface area contributed by atoms with E-state index in [0.717, 1.165) is 17.0 Å². The molecule has 1 aromatic heterocycles. The van der Waals surface area contributed by atoms with Crippen molar-refractivity contribution in [3.05, 3.63) is 47.2 Å². The molecule has 0 atom stereocenters. The Kier molecular flexibility index (Phi) is 3.23. The molecule has 1 amide bonds. The van der Waals surface area contributed by atoms with E-state index in [9.17, 15) is 4.79 Å². The molecule has 0 aliphatic carbocycles. The normalized spacial score (nSPS) is 11.6. The molecule has 2 rings (SSSR count). The molecule has 19 heavy (non-hydrogen) atoms. The summed E-state index contributed by atoms with van der Waals surface area (Å²) in [5.74, 6) is -0.397. The number of carbonyl (C=O) groups excluding carboxylic acids is 1. The number of hydrogen-bond donors (Lipinski definition) is 2. The molecule has 0 fully saturated rings. The average Bonchev–Trinajstić information content (AvgIpc) is 2.70. The predicted molar refractivity (Wildman–Crippen MR) is 78.2 cm³/mol. The number of nitrogens with two attached hydrogens (primary N) is 1. The molecule has 1 heterocycles. The van der Waals surface area contributed by atoms with Crippen LogP contribution in [-0.4, -0.2) is 10.9 Å². The topological polar surface area (TPSA) is 58.9 Å². The van der Waals surface area contributed by atoms with Gasteiger partial charge in [-0.1, -0.05) is 45.0 Å². The van der Waals surface area contributed by atoms with Crippen LogP contribution in [0.25, 0.3) is 11.3 Å². The van der Waals surface area contributed by atoms with E-state index >= 15 is 0 Å². The minimum absolute atomic E-state index is 0.141. The lowest BCUT2D eigenvalue weighted by Crippen LogP contribution is -2.10. The predicted octanol–water partition coefficient (Wildman–Crippen LogP) is 3.39. The Hall–Kier alpha value is -2.03. The van der Waals surface area contributed by atoms with E-state index in [4.69, 9.17) is 5.73 Å². The van der Waals surface area contributed by atoms with Gasteiger partial charge in [0.15, 0.2) is 0 Å². The Labute approximate surface area is 113 Å². The minimum atomic E-state index is -0.397. The number of benzene rings is 1. The van der Waals surface area contributed by atoms with Gasteiger partial charge in [-0.3, -0.25) is 4.79 Å². The van der Waals surface area contributed by atoms with Crippen LogP contribution >= 0.6 is 0 Å². The number of hydrogen-bond acceptors (Lipinski definition) is 1. The summed E-state index contributed by atoms with van der Waals surface area (Å²) in [6, 6.07) is 10.2. The molecule has 0 spiro atoms. The van der Waals surface area contributed by atoms with Gasteiger partial charge >= 0.3 is 0 Å². The van der Waals surface area contributed by atoms with Gasteiger partial charge in [0.25, 0.3) is 5.91 Å². The summed E-state index contributed by atoms with van der Waals surface area (Å²) in [4.78, 5) is 14.5. The summed E-state index contributed by atoms with van der Waals surface area (Å²) in [6.07, 6.45) is 0. The van der Waals surface area contributed by atoms with Gasteiger partial charge in [-0.25, -0.2) is 0 Å². The van der Waals surface area contributed by atoms with E-state index in [0.29, 0.717) is 5.56 Å². The molecule has 0 saturated heterocycles. The van der Waals surface area contributed by atoms with E-state index in [2.05, 4.69) is 50.0 Å².